The summed E-state index contributed by atoms with van der Waals surface area (Å²) in [6.45, 7) is 2.61. The van der Waals surface area contributed by atoms with Gasteiger partial charge in [-0.15, -0.1) is 12.4 Å². The van der Waals surface area contributed by atoms with Crippen molar-refractivity contribution in [3.8, 4) is 0 Å². The van der Waals surface area contributed by atoms with Crippen LogP contribution in [0.15, 0.2) is 29.3 Å². The molecule has 1 unspecified atom stereocenters. The highest BCUT2D eigenvalue weighted by Crippen LogP contribution is 2.15. The number of halogens is 1. The summed E-state index contributed by atoms with van der Waals surface area (Å²) >= 11 is 0. The molecule has 1 aliphatic heterocycles. The van der Waals surface area contributed by atoms with Crippen LogP contribution in [-0.4, -0.2) is 38.7 Å². The Morgan fingerprint density at radius 2 is 2.09 bits per heavy atom. The van der Waals surface area contributed by atoms with Gasteiger partial charge in [0.1, 0.15) is 0 Å². The molecule has 0 spiro atoms. The fraction of sp³-hybridized carbons (Fsp3) is 0.467. The number of nitrogens with one attached hydrogen (secondary N) is 1. The molecule has 22 heavy (non-hydrogen) atoms. The van der Waals surface area contributed by atoms with Gasteiger partial charge in [-0.1, -0.05) is 0 Å². The van der Waals surface area contributed by atoms with Crippen LogP contribution in [0.4, 0.5) is 5.69 Å². The van der Waals surface area contributed by atoms with Crippen LogP contribution >= 0.6 is 12.4 Å². The van der Waals surface area contributed by atoms with Crippen molar-refractivity contribution in [3.05, 3.63) is 29.8 Å². The van der Waals surface area contributed by atoms with Crippen molar-refractivity contribution in [2.75, 3.05) is 25.6 Å². The molecule has 1 N–H and O–H groups in total. The Hall–Kier alpha value is -1.63. The number of amides is 1. The molecule has 0 bridgehead atoms. The lowest BCUT2D eigenvalue weighted by molar-refractivity contribution is -0.142. The van der Waals surface area contributed by atoms with Gasteiger partial charge in [-0.05, 0) is 37.6 Å². The Bertz CT molecular complexity index is 513. The number of hydroxylamine groups is 1. The normalized spacial score (nSPS) is 17.8. The molecule has 0 saturated carbocycles. The lowest BCUT2D eigenvalue weighted by Gasteiger charge is -2.18. The Labute approximate surface area is 136 Å². The summed E-state index contributed by atoms with van der Waals surface area (Å²) in [5.74, 6) is 0.620. The number of aliphatic imine (C=N–C) groups is 1. The summed E-state index contributed by atoms with van der Waals surface area (Å²) in [4.78, 5) is 23.2. The van der Waals surface area contributed by atoms with Gasteiger partial charge in [-0.2, -0.15) is 0 Å². The molecule has 0 aliphatic carbocycles. The molecular weight excluding hydrogens is 306 g/mol. The third-order valence-electron chi connectivity index (χ3n) is 3.50. The zero-order valence-electron chi connectivity index (χ0n) is 13.0. The van der Waals surface area contributed by atoms with Crippen LogP contribution < -0.4 is 10.4 Å². The summed E-state index contributed by atoms with van der Waals surface area (Å²) in [6.07, 6.45) is 1.43. The summed E-state index contributed by atoms with van der Waals surface area (Å²) in [6, 6.07) is 7.25. The van der Waals surface area contributed by atoms with E-state index >= 15 is 0 Å². The predicted molar refractivity (Wildman–Crippen MR) is 88.7 cm³/mol. The zero-order valence-corrected chi connectivity index (χ0v) is 13.9. The number of ether oxygens (including phenoxy) is 1. The van der Waals surface area contributed by atoms with Crippen LogP contribution in [0.5, 0.6) is 0 Å². The van der Waals surface area contributed by atoms with E-state index in [0.717, 1.165) is 24.4 Å². The number of hydrogen-bond acceptors (Lipinski definition) is 4. The molecule has 1 fully saturated rings. The molecular formula is C15H22ClN3O3. The van der Waals surface area contributed by atoms with Crippen molar-refractivity contribution in [2.24, 2.45) is 4.99 Å². The zero-order chi connectivity index (χ0) is 15.2. The summed E-state index contributed by atoms with van der Waals surface area (Å²) in [7, 11) is 3.67. The number of carbonyl (C=O) groups excluding carboxylic acids is 1. The minimum absolute atomic E-state index is 0. The second-order valence-corrected chi connectivity index (χ2v) is 4.87. The monoisotopic (exact) mass is 327 g/mol. The lowest BCUT2D eigenvalue weighted by atomic mass is 10.2. The van der Waals surface area contributed by atoms with Crippen LogP contribution in [0, 0.1) is 0 Å². The highest BCUT2D eigenvalue weighted by atomic mass is 35.5. The SMILES string of the molecule is CN=C(C)N(C)c1ccc(C(=O)NOC2CCCO2)cc1.Cl. The smallest absolute Gasteiger partial charge is 0.274 e. The van der Waals surface area contributed by atoms with Gasteiger partial charge in [-0.25, -0.2) is 10.3 Å². The molecule has 1 aromatic rings. The molecule has 1 amide bonds. The number of hydrogen-bond donors (Lipinski definition) is 1. The first-order valence-electron chi connectivity index (χ1n) is 6.96. The van der Waals surface area contributed by atoms with Crippen LogP contribution in [0.2, 0.25) is 0 Å². The van der Waals surface area contributed by atoms with Crippen LogP contribution in [0.3, 0.4) is 0 Å². The number of rotatable bonds is 4. The van der Waals surface area contributed by atoms with E-state index in [1.807, 2.05) is 31.0 Å². The fourth-order valence-electron chi connectivity index (χ4n) is 1.99. The van der Waals surface area contributed by atoms with E-state index in [2.05, 4.69) is 10.5 Å². The summed E-state index contributed by atoms with van der Waals surface area (Å²) in [5.41, 5.74) is 3.93. The van der Waals surface area contributed by atoms with E-state index < -0.39 is 0 Å². The van der Waals surface area contributed by atoms with Crippen molar-refractivity contribution >= 4 is 29.8 Å². The number of benzene rings is 1. The molecule has 6 nitrogen and oxygen atoms in total. The quantitative estimate of drug-likeness (QED) is 0.524. The second-order valence-electron chi connectivity index (χ2n) is 4.87. The van der Waals surface area contributed by atoms with E-state index in [1.54, 1.807) is 19.2 Å². The maximum atomic E-state index is 11.9. The predicted octanol–water partition coefficient (Wildman–Crippen LogP) is 2.39. The second kappa shape index (κ2) is 8.73. The van der Waals surface area contributed by atoms with Crippen molar-refractivity contribution in [1.29, 1.82) is 0 Å². The van der Waals surface area contributed by atoms with Crippen LogP contribution in [-0.2, 0) is 9.57 Å². The van der Waals surface area contributed by atoms with E-state index in [9.17, 15) is 4.79 Å². The van der Waals surface area contributed by atoms with Gasteiger partial charge in [0, 0.05) is 31.8 Å². The van der Waals surface area contributed by atoms with E-state index in [1.165, 1.54) is 0 Å². The number of amidine groups is 1. The van der Waals surface area contributed by atoms with E-state index in [0.29, 0.717) is 12.2 Å². The molecule has 1 heterocycles. The molecule has 1 saturated heterocycles. The van der Waals surface area contributed by atoms with Crippen molar-refractivity contribution < 1.29 is 14.4 Å². The minimum Gasteiger partial charge on any atom is -0.350 e. The number of carbonyl (C=O) groups is 1. The Morgan fingerprint density at radius 1 is 1.41 bits per heavy atom. The third-order valence-corrected chi connectivity index (χ3v) is 3.50. The molecule has 0 aromatic heterocycles. The highest BCUT2D eigenvalue weighted by molar-refractivity contribution is 5.97. The summed E-state index contributed by atoms with van der Waals surface area (Å²) < 4.78 is 5.27. The van der Waals surface area contributed by atoms with E-state index in [4.69, 9.17) is 9.57 Å². The maximum Gasteiger partial charge on any atom is 0.274 e. The third kappa shape index (κ3) is 4.69. The van der Waals surface area contributed by atoms with Crippen LogP contribution in [0.1, 0.15) is 30.1 Å². The maximum absolute atomic E-state index is 11.9. The first-order valence-corrected chi connectivity index (χ1v) is 6.96. The lowest BCUT2D eigenvalue weighted by Crippen LogP contribution is -2.29. The molecule has 1 atom stereocenters. The molecule has 122 valence electrons. The molecule has 1 aromatic carbocycles. The standard InChI is InChI=1S/C15H21N3O3.ClH/c1-11(16-2)18(3)13-8-6-12(7-9-13)15(19)17-21-14-5-4-10-20-14;/h6-9,14H,4-5,10H2,1-3H3,(H,17,19);1H. The molecule has 1 aliphatic rings. The first kappa shape index (κ1) is 18.4. The largest absolute Gasteiger partial charge is 0.350 e. The van der Waals surface area contributed by atoms with Crippen molar-refractivity contribution in [1.82, 2.24) is 5.48 Å². The molecule has 0 radical (unpaired) electrons. The Morgan fingerprint density at radius 3 is 2.64 bits per heavy atom. The Kier molecular flexibility index (Phi) is 7.31. The number of nitrogens with zero attached hydrogens (tertiary/aromatic N) is 2. The van der Waals surface area contributed by atoms with Gasteiger partial charge in [-0.3, -0.25) is 9.79 Å². The van der Waals surface area contributed by atoms with Gasteiger partial charge >= 0.3 is 0 Å². The van der Waals surface area contributed by atoms with E-state index in [-0.39, 0.29) is 24.6 Å². The van der Waals surface area contributed by atoms with Gasteiger partial charge in [0.15, 0.2) is 6.29 Å². The highest BCUT2D eigenvalue weighted by Gasteiger charge is 2.17. The molecule has 2 rings (SSSR count). The topological polar surface area (TPSA) is 63.2 Å². The van der Waals surface area contributed by atoms with Gasteiger partial charge in [0.25, 0.3) is 5.91 Å². The van der Waals surface area contributed by atoms with Crippen LogP contribution in [0.25, 0.3) is 0 Å². The van der Waals surface area contributed by atoms with Gasteiger partial charge < -0.3 is 9.64 Å². The summed E-state index contributed by atoms with van der Waals surface area (Å²) in [5, 5.41) is 0. The Balaban J connectivity index is 0.00000242. The first-order chi connectivity index (χ1) is 10.1. The van der Waals surface area contributed by atoms with Crippen molar-refractivity contribution in [2.45, 2.75) is 26.1 Å². The average Bonchev–Trinajstić information content (AvgIpc) is 3.04. The van der Waals surface area contributed by atoms with Gasteiger partial charge in [0.05, 0.1) is 12.4 Å². The fourth-order valence-corrected chi connectivity index (χ4v) is 1.99. The minimum atomic E-state index is -0.331. The average molecular weight is 328 g/mol. The number of anilines is 1. The molecule has 7 heteroatoms. The van der Waals surface area contributed by atoms with Crippen molar-refractivity contribution in [3.63, 3.8) is 0 Å². The van der Waals surface area contributed by atoms with Gasteiger partial charge in [0.2, 0.25) is 0 Å².